The van der Waals surface area contributed by atoms with Gasteiger partial charge in [0.1, 0.15) is 5.69 Å². The second-order valence-electron chi connectivity index (χ2n) is 13.4. The van der Waals surface area contributed by atoms with Gasteiger partial charge in [0, 0.05) is 47.3 Å². The number of rotatable bonds is 3. The normalized spacial score (nSPS) is 12.2. The van der Waals surface area contributed by atoms with Gasteiger partial charge in [0.05, 0.1) is 50.3 Å². The van der Waals surface area contributed by atoms with Gasteiger partial charge in [-0.15, -0.1) is 11.3 Å². The Morgan fingerprint density at radius 1 is 0.415 bits per heavy atom. The molecule has 12 rings (SSSR count). The summed E-state index contributed by atoms with van der Waals surface area (Å²) >= 11 is 1.82. The topological polar surface area (TPSA) is 61.4 Å². The zero-order chi connectivity index (χ0) is 34.6. The van der Waals surface area contributed by atoms with Crippen LogP contribution in [0.4, 0.5) is 0 Å². The Hall–Kier alpha value is -6.96. The van der Waals surface area contributed by atoms with E-state index in [0.717, 1.165) is 77.8 Å². The molecule has 0 spiro atoms. The zero-order valence-corrected chi connectivity index (χ0v) is 28.9. The van der Waals surface area contributed by atoms with Crippen LogP contribution < -0.4 is 0 Å². The van der Waals surface area contributed by atoms with E-state index in [0.29, 0.717) is 0 Å². The number of benzene rings is 7. The zero-order valence-electron chi connectivity index (χ0n) is 28.1. The molecule has 5 aromatic heterocycles. The van der Waals surface area contributed by atoms with Crippen LogP contribution in [0.3, 0.4) is 0 Å². The molecule has 0 bridgehead atoms. The minimum absolute atomic E-state index is 0.789. The molecule has 0 saturated heterocycles. The number of fused-ring (bicyclic) bond motifs is 12. The Labute approximate surface area is 305 Å². The molecule has 0 unspecified atom stereocenters. The third-order valence-corrected chi connectivity index (χ3v) is 11.8. The molecule has 12 aromatic rings. The van der Waals surface area contributed by atoms with E-state index in [2.05, 4.69) is 124 Å². The Bertz CT molecular complexity index is 3480. The lowest BCUT2D eigenvalue weighted by Gasteiger charge is -2.14. The first kappa shape index (κ1) is 28.7. The summed E-state index contributed by atoms with van der Waals surface area (Å²) in [5.74, 6) is 1.60. The molecule has 5 heterocycles. The molecule has 0 fully saturated rings. The summed E-state index contributed by atoms with van der Waals surface area (Å²) in [5, 5.41) is 7.15. The highest BCUT2D eigenvalue weighted by Crippen LogP contribution is 2.45. The summed E-state index contributed by atoms with van der Waals surface area (Å²) in [6.45, 7) is 0. The SMILES string of the molecule is c1ccc2nc(-n3c4ccccc4c4c5c6ccccc6n(-c6nc7ccccc7nc6-c6cccc7c6sc6ccccc67)c5ccc43)cnc2c1. The maximum Gasteiger partial charge on any atom is 0.165 e. The molecule has 0 radical (unpaired) electrons. The van der Waals surface area contributed by atoms with Crippen LogP contribution in [0.5, 0.6) is 0 Å². The van der Waals surface area contributed by atoms with Crippen molar-refractivity contribution in [3.8, 4) is 22.9 Å². The van der Waals surface area contributed by atoms with E-state index < -0.39 is 0 Å². The summed E-state index contributed by atoms with van der Waals surface area (Å²) in [5.41, 5.74) is 9.70. The Balaban J connectivity index is 1.22. The van der Waals surface area contributed by atoms with Crippen LogP contribution in [-0.4, -0.2) is 29.1 Å². The Kier molecular flexibility index (Phi) is 5.84. The van der Waals surface area contributed by atoms with Crippen molar-refractivity contribution >= 4 is 97.2 Å². The molecule has 53 heavy (non-hydrogen) atoms. The van der Waals surface area contributed by atoms with Crippen LogP contribution in [0.1, 0.15) is 0 Å². The van der Waals surface area contributed by atoms with Gasteiger partial charge < -0.3 is 0 Å². The summed E-state index contributed by atoms with van der Waals surface area (Å²) in [6, 6.07) is 53.2. The third kappa shape index (κ3) is 4.02. The maximum atomic E-state index is 5.46. The summed E-state index contributed by atoms with van der Waals surface area (Å²) < 4.78 is 7.05. The van der Waals surface area contributed by atoms with Crippen LogP contribution in [0, 0.1) is 0 Å². The fraction of sp³-hybridized carbons (Fsp3) is 0. The maximum absolute atomic E-state index is 5.46. The van der Waals surface area contributed by atoms with E-state index in [1.165, 1.54) is 30.9 Å². The Morgan fingerprint density at radius 3 is 1.74 bits per heavy atom. The first-order chi connectivity index (χ1) is 26.3. The second kappa shape index (κ2) is 10.8. The molecule has 0 aliphatic carbocycles. The quantitative estimate of drug-likeness (QED) is 0.185. The number of nitrogens with zero attached hydrogens (tertiary/aromatic N) is 6. The van der Waals surface area contributed by atoms with Crippen molar-refractivity contribution in [2.24, 2.45) is 0 Å². The first-order valence-corrected chi connectivity index (χ1v) is 18.5. The monoisotopic (exact) mass is 694 g/mol. The predicted octanol–water partition coefficient (Wildman–Crippen LogP) is 11.8. The van der Waals surface area contributed by atoms with E-state index in [1.54, 1.807) is 0 Å². The predicted molar refractivity (Wildman–Crippen MR) is 220 cm³/mol. The molecular formula is C46H26N6S. The number of aromatic nitrogens is 6. The highest BCUT2D eigenvalue weighted by molar-refractivity contribution is 7.26. The number of hydrogen-bond donors (Lipinski definition) is 0. The molecule has 7 aromatic carbocycles. The fourth-order valence-electron chi connectivity index (χ4n) is 8.31. The van der Waals surface area contributed by atoms with Gasteiger partial charge in [0.2, 0.25) is 0 Å². The summed E-state index contributed by atoms with van der Waals surface area (Å²) in [7, 11) is 0. The highest BCUT2D eigenvalue weighted by atomic mass is 32.1. The molecular weight excluding hydrogens is 669 g/mol. The summed E-state index contributed by atoms with van der Waals surface area (Å²) in [6.07, 6.45) is 1.88. The molecule has 246 valence electrons. The average molecular weight is 695 g/mol. The van der Waals surface area contributed by atoms with Gasteiger partial charge in [0.15, 0.2) is 11.6 Å². The molecule has 0 N–H and O–H groups in total. The van der Waals surface area contributed by atoms with E-state index >= 15 is 0 Å². The molecule has 7 heteroatoms. The highest BCUT2D eigenvalue weighted by Gasteiger charge is 2.24. The van der Waals surface area contributed by atoms with Gasteiger partial charge in [-0.2, -0.15) is 0 Å². The summed E-state index contributed by atoms with van der Waals surface area (Å²) in [4.78, 5) is 20.8. The molecule has 0 amide bonds. The van der Waals surface area contributed by atoms with Crippen molar-refractivity contribution in [3.05, 3.63) is 158 Å². The van der Waals surface area contributed by atoms with Crippen molar-refractivity contribution in [3.63, 3.8) is 0 Å². The van der Waals surface area contributed by atoms with Crippen molar-refractivity contribution in [1.29, 1.82) is 0 Å². The average Bonchev–Trinajstić information content (AvgIpc) is 3.88. The molecule has 6 nitrogen and oxygen atoms in total. The van der Waals surface area contributed by atoms with Crippen molar-refractivity contribution in [2.75, 3.05) is 0 Å². The van der Waals surface area contributed by atoms with Crippen molar-refractivity contribution < 1.29 is 0 Å². The van der Waals surface area contributed by atoms with Crippen LogP contribution in [-0.2, 0) is 0 Å². The molecule has 0 atom stereocenters. The third-order valence-electron chi connectivity index (χ3n) is 10.6. The van der Waals surface area contributed by atoms with Crippen LogP contribution in [0.25, 0.3) is 109 Å². The van der Waals surface area contributed by atoms with Gasteiger partial charge in [-0.05, 0) is 54.6 Å². The lowest BCUT2D eigenvalue weighted by molar-refractivity contribution is 1.07. The smallest absolute Gasteiger partial charge is 0.165 e. The van der Waals surface area contributed by atoms with E-state index in [-0.39, 0.29) is 0 Å². The Morgan fingerprint density at radius 2 is 0.981 bits per heavy atom. The van der Waals surface area contributed by atoms with E-state index in [4.69, 9.17) is 19.9 Å². The first-order valence-electron chi connectivity index (χ1n) is 17.7. The van der Waals surface area contributed by atoms with Crippen LogP contribution in [0.2, 0.25) is 0 Å². The number of para-hydroxylation sites is 6. The second-order valence-corrected chi connectivity index (χ2v) is 14.5. The van der Waals surface area contributed by atoms with Gasteiger partial charge in [-0.25, -0.2) is 15.0 Å². The van der Waals surface area contributed by atoms with E-state index in [1.807, 2.05) is 53.9 Å². The standard InChI is InChI=1S/C46H26N6S/c1-8-21-36-29(13-1)42-38(51(36)41-26-47-32-17-4-5-18-33(32)48-41)24-25-39-43(42)30-14-2-9-22-37(30)52(39)46-44(49-34-19-6-7-20-35(34)50-46)31-16-11-15-28-27-12-3-10-23-40(27)53-45(28)31/h1-26H. The van der Waals surface area contributed by atoms with E-state index in [9.17, 15) is 0 Å². The van der Waals surface area contributed by atoms with Gasteiger partial charge in [-0.3, -0.25) is 14.1 Å². The molecule has 0 aliphatic rings. The van der Waals surface area contributed by atoms with Gasteiger partial charge in [0.25, 0.3) is 0 Å². The molecule has 0 aliphatic heterocycles. The minimum Gasteiger partial charge on any atom is -0.292 e. The lowest BCUT2D eigenvalue weighted by atomic mass is 10.1. The molecule has 0 saturated carbocycles. The van der Waals surface area contributed by atoms with Crippen molar-refractivity contribution in [1.82, 2.24) is 29.1 Å². The lowest BCUT2D eigenvalue weighted by Crippen LogP contribution is -2.04. The van der Waals surface area contributed by atoms with Crippen LogP contribution in [0.15, 0.2) is 158 Å². The van der Waals surface area contributed by atoms with Gasteiger partial charge in [-0.1, -0.05) is 97.1 Å². The van der Waals surface area contributed by atoms with Crippen LogP contribution >= 0.6 is 11.3 Å². The number of thiophene rings is 1. The fourth-order valence-corrected chi connectivity index (χ4v) is 9.53. The van der Waals surface area contributed by atoms with Crippen molar-refractivity contribution in [2.45, 2.75) is 0 Å². The number of hydrogen-bond acceptors (Lipinski definition) is 5. The minimum atomic E-state index is 0.789. The largest absolute Gasteiger partial charge is 0.292 e. The van der Waals surface area contributed by atoms with Gasteiger partial charge >= 0.3 is 0 Å².